The SMILES string of the molecule is Cc1ccc(-c2[nH]ncc2CNC2CCCC(C(F)(F)F)C2)o1. The molecule has 0 aliphatic heterocycles. The number of nitrogens with one attached hydrogen (secondary N) is 2. The Kier molecular flexibility index (Phi) is 4.48. The van der Waals surface area contributed by atoms with Crippen molar-refractivity contribution >= 4 is 0 Å². The third-order valence-corrected chi connectivity index (χ3v) is 4.42. The van der Waals surface area contributed by atoms with Crippen molar-refractivity contribution in [2.75, 3.05) is 0 Å². The topological polar surface area (TPSA) is 53.9 Å². The van der Waals surface area contributed by atoms with Crippen LogP contribution in [0.2, 0.25) is 0 Å². The zero-order chi connectivity index (χ0) is 16.4. The van der Waals surface area contributed by atoms with E-state index in [0.29, 0.717) is 18.7 Å². The molecule has 7 heteroatoms. The van der Waals surface area contributed by atoms with Gasteiger partial charge in [-0.2, -0.15) is 18.3 Å². The van der Waals surface area contributed by atoms with Gasteiger partial charge in [0.25, 0.3) is 0 Å². The maximum absolute atomic E-state index is 12.9. The van der Waals surface area contributed by atoms with E-state index >= 15 is 0 Å². The molecule has 126 valence electrons. The summed E-state index contributed by atoms with van der Waals surface area (Å²) in [5.74, 6) is 0.299. The Hall–Kier alpha value is -1.76. The molecule has 1 fully saturated rings. The van der Waals surface area contributed by atoms with E-state index in [-0.39, 0.29) is 18.9 Å². The molecule has 2 aromatic heterocycles. The molecule has 4 nitrogen and oxygen atoms in total. The fourth-order valence-corrected chi connectivity index (χ4v) is 3.15. The molecule has 0 saturated heterocycles. The third-order valence-electron chi connectivity index (χ3n) is 4.42. The minimum absolute atomic E-state index is 0.114. The van der Waals surface area contributed by atoms with Gasteiger partial charge < -0.3 is 9.73 Å². The van der Waals surface area contributed by atoms with Crippen LogP contribution in [-0.4, -0.2) is 22.4 Å². The summed E-state index contributed by atoms with van der Waals surface area (Å²) < 4.78 is 44.2. The molecule has 23 heavy (non-hydrogen) atoms. The summed E-state index contributed by atoms with van der Waals surface area (Å²) in [5.41, 5.74) is 1.67. The van der Waals surface area contributed by atoms with Crippen LogP contribution >= 0.6 is 0 Å². The predicted molar refractivity (Wildman–Crippen MR) is 79.7 cm³/mol. The minimum Gasteiger partial charge on any atom is -0.460 e. The summed E-state index contributed by atoms with van der Waals surface area (Å²) >= 11 is 0. The normalized spacial score (nSPS) is 22.4. The third kappa shape index (κ3) is 3.77. The van der Waals surface area contributed by atoms with Crippen LogP contribution in [-0.2, 0) is 6.54 Å². The molecule has 2 unspecified atom stereocenters. The molecular formula is C16H20F3N3O. The first-order valence-corrected chi connectivity index (χ1v) is 7.82. The average Bonchev–Trinajstić information content (AvgIpc) is 3.13. The van der Waals surface area contributed by atoms with Crippen LogP contribution in [0.5, 0.6) is 0 Å². The number of aromatic nitrogens is 2. The maximum atomic E-state index is 12.9. The second-order valence-corrected chi connectivity index (χ2v) is 6.16. The van der Waals surface area contributed by atoms with Gasteiger partial charge in [0.1, 0.15) is 11.5 Å². The first-order valence-electron chi connectivity index (χ1n) is 7.82. The molecule has 0 amide bonds. The summed E-state index contributed by atoms with van der Waals surface area (Å²) in [4.78, 5) is 0. The van der Waals surface area contributed by atoms with E-state index in [1.165, 1.54) is 0 Å². The second kappa shape index (κ2) is 6.39. The van der Waals surface area contributed by atoms with Gasteiger partial charge in [0, 0.05) is 18.2 Å². The Morgan fingerprint density at radius 1 is 1.35 bits per heavy atom. The van der Waals surface area contributed by atoms with Crippen molar-refractivity contribution in [1.29, 1.82) is 0 Å². The Morgan fingerprint density at radius 2 is 2.17 bits per heavy atom. The van der Waals surface area contributed by atoms with Gasteiger partial charge in [0.15, 0.2) is 5.76 Å². The van der Waals surface area contributed by atoms with E-state index < -0.39 is 12.1 Å². The van der Waals surface area contributed by atoms with Crippen LogP contribution in [0.25, 0.3) is 11.5 Å². The van der Waals surface area contributed by atoms with Crippen LogP contribution in [0.3, 0.4) is 0 Å². The highest BCUT2D eigenvalue weighted by molar-refractivity contribution is 5.56. The number of hydrogen-bond donors (Lipinski definition) is 2. The first-order chi connectivity index (χ1) is 10.9. The lowest BCUT2D eigenvalue weighted by Gasteiger charge is -2.31. The molecule has 2 atom stereocenters. The molecular weight excluding hydrogens is 307 g/mol. The van der Waals surface area contributed by atoms with Crippen LogP contribution in [0.4, 0.5) is 13.2 Å². The highest BCUT2D eigenvalue weighted by Gasteiger charge is 2.42. The van der Waals surface area contributed by atoms with Gasteiger partial charge in [-0.15, -0.1) is 0 Å². The molecule has 0 aromatic carbocycles. The number of halogens is 3. The summed E-state index contributed by atoms with van der Waals surface area (Å²) in [5, 5.41) is 10.2. The molecule has 1 saturated carbocycles. The lowest BCUT2D eigenvalue weighted by molar-refractivity contribution is -0.183. The molecule has 2 aromatic rings. The van der Waals surface area contributed by atoms with Crippen molar-refractivity contribution in [3.63, 3.8) is 0 Å². The quantitative estimate of drug-likeness (QED) is 0.885. The largest absolute Gasteiger partial charge is 0.460 e. The van der Waals surface area contributed by atoms with E-state index in [2.05, 4.69) is 15.5 Å². The van der Waals surface area contributed by atoms with Gasteiger partial charge in [-0.1, -0.05) is 6.42 Å². The number of hydrogen-bond acceptors (Lipinski definition) is 3. The standard InChI is InChI=1S/C16H20F3N3O/c1-10-5-6-14(23-10)15-11(9-21-22-15)8-20-13-4-2-3-12(7-13)16(17,18)19/h5-6,9,12-13,20H,2-4,7-8H2,1H3,(H,21,22). The van der Waals surface area contributed by atoms with Crippen molar-refractivity contribution in [3.05, 3.63) is 29.7 Å². The fourth-order valence-electron chi connectivity index (χ4n) is 3.15. The van der Waals surface area contributed by atoms with Crippen molar-refractivity contribution < 1.29 is 17.6 Å². The second-order valence-electron chi connectivity index (χ2n) is 6.16. The molecule has 1 aliphatic carbocycles. The summed E-state index contributed by atoms with van der Waals surface area (Å²) in [7, 11) is 0. The zero-order valence-corrected chi connectivity index (χ0v) is 12.9. The number of alkyl halides is 3. The molecule has 2 heterocycles. The number of furan rings is 1. The number of H-pyrrole nitrogens is 1. The van der Waals surface area contributed by atoms with E-state index in [0.717, 1.165) is 23.4 Å². The smallest absolute Gasteiger partial charge is 0.391 e. The number of rotatable bonds is 4. The lowest BCUT2D eigenvalue weighted by atomic mass is 9.85. The van der Waals surface area contributed by atoms with Gasteiger partial charge in [-0.25, -0.2) is 0 Å². The lowest BCUT2D eigenvalue weighted by Crippen LogP contribution is -2.38. The van der Waals surface area contributed by atoms with Gasteiger partial charge >= 0.3 is 6.18 Å². The van der Waals surface area contributed by atoms with Crippen molar-refractivity contribution in [3.8, 4) is 11.5 Å². The van der Waals surface area contributed by atoms with E-state index in [1.54, 1.807) is 6.20 Å². The Balaban J connectivity index is 1.62. The van der Waals surface area contributed by atoms with Gasteiger partial charge in [0.05, 0.1) is 12.1 Å². The van der Waals surface area contributed by atoms with Crippen LogP contribution in [0.15, 0.2) is 22.7 Å². The number of aromatic amines is 1. The Labute approximate surface area is 132 Å². The van der Waals surface area contributed by atoms with Gasteiger partial charge in [-0.05, 0) is 38.3 Å². The summed E-state index contributed by atoms with van der Waals surface area (Å²) in [6.45, 7) is 2.33. The Bertz CT molecular complexity index is 647. The van der Waals surface area contributed by atoms with Crippen molar-refractivity contribution in [2.24, 2.45) is 5.92 Å². The minimum atomic E-state index is -4.09. The molecule has 0 spiro atoms. The summed E-state index contributed by atoms with van der Waals surface area (Å²) in [6.07, 6.45) is -0.630. The average molecular weight is 327 g/mol. The van der Waals surface area contributed by atoms with Crippen molar-refractivity contribution in [1.82, 2.24) is 15.5 Å². The maximum Gasteiger partial charge on any atom is 0.391 e. The highest BCUT2D eigenvalue weighted by atomic mass is 19.4. The molecule has 0 bridgehead atoms. The van der Waals surface area contributed by atoms with E-state index in [4.69, 9.17) is 4.42 Å². The molecule has 0 radical (unpaired) electrons. The molecule has 2 N–H and O–H groups in total. The van der Waals surface area contributed by atoms with E-state index in [1.807, 2.05) is 19.1 Å². The first kappa shape index (κ1) is 16.1. The number of nitrogens with zero attached hydrogens (tertiary/aromatic N) is 1. The Morgan fingerprint density at radius 3 is 2.87 bits per heavy atom. The predicted octanol–water partition coefficient (Wildman–Crippen LogP) is 4.19. The monoisotopic (exact) mass is 327 g/mol. The zero-order valence-electron chi connectivity index (χ0n) is 12.9. The van der Waals surface area contributed by atoms with Crippen LogP contribution in [0.1, 0.15) is 37.0 Å². The van der Waals surface area contributed by atoms with E-state index in [9.17, 15) is 13.2 Å². The fraction of sp³-hybridized carbons (Fsp3) is 0.562. The molecule has 1 aliphatic rings. The van der Waals surface area contributed by atoms with Crippen LogP contribution < -0.4 is 5.32 Å². The summed E-state index contributed by atoms with van der Waals surface area (Å²) in [6, 6.07) is 3.60. The highest BCUT2D eigenvalue weighted by Crippen LogP contribution is 2.37. The molecule has 3 rings (SSSR count). The van der Waals surface area contributed by atoms with Gasteiger partial charge in [0.2, 0.25) is 0 Å². The van der Waals surface area contributed by atoms with Crippen LogP contribution in [0, 0.1) is 12.8 Å². The van der Waals surface area contributed by atoms with Crippen molar-refractivity contribution in [2.45, 2.75) is 51.4 Å². The van der Waals surface area contributed by atoms with Gasteiger partial charge in [-0.3, -0.25) is 5.10 Å². The number of aryl methyl sites for hydroxylation is 1.